The van der Waals surface area contributed by atoms with E-state index < -0.39 is 8.24 Å². The van der Waals surface area contributed by atoms with Gasteiger partial charge in [0.05, 0.1) is 0 Å². The molecule has 21 heavy (non-hydrogen) atoms. The molecule has 0 saturated heterocycles. The molecule has 0 amide bonds. The molecule has 0 aromatic heterocycles. The fourth-order valence-electron chi connectivity index (χ4n) is 3.38. The van der Waals surface area contributed by atoms with E-state index in [9.17, 15) is 0 Å². The SMILES string of the molecule is CC1=C(C)C(C)C([Si](C)(C)NC(C)(C)C)=C1C.[Ti].[Ti].[Ti].[Ti]. The zero-order valence-corrected chi connectivity index (χ0v) is 22.3. The van der Waals surface area contributed by atoms with Gasteiger partial charge in [-0.1, -0.05) is 36.4 Å². The fraction of sp³-hybridized carbons (Fsp3) is 0.733. The van der Waals surface area contributed by atoms with E-state index in [0.717, 1.165) is 0 Å². The molecule has 1 aliphatic rings. The van der Waals surface area contributed by atoms with Crippen molar-refractivity contribution >= 4 is 8.24 Å². The van der Waals surface area contributed by atoms with Crippen LogP contribution in [0, 0.1) is 5.92 Å². The van der Waals surface area contributed by atoms with Crippen LogP contribution in [-0.4, -0.2) is 13.8 Å². The maximum atomic E-state index is 3.89. The molecule has 0 spiro atoms. The molecule has 1 N–H and O–H groups in total. The van der Waals surface area contributed by atoms with Crippen molar-refractivity contribution in [1.82, 2.24) is 4.98 Å². The first-order chi connectivity index (χ1) is 7.47. The van der Waals surface area contributed by atoms with Gasteiger partial charge in [0.15, 0.2) is 0 Å². The summed E-state index contributed by atoms with van der Waals surface area (Å²) >= 11 is 0. The Hall–Kier alpha value is 2.51. The largest absolute Gasteiger partial charge is 0.329 e. The third kappa shape index (κ3) is 7.95. The topological polar surface area (TPSA) is 12.0 Å². The van der Waals surface area contributed by atoms with Crippen molar-refractivity contribution in [2.75, 3.05) is 0 Å². The van der Waals surface area contributed by atoms with E-state index in [1.807, 2.05) is 0 Å². The second-order valence-corrected chi connectivity index (χ2v) is 11.1. The van der Waals surface area contributed by atoms with Crippen LogP contribution in [0.3, 0.4) is 0 Å². The van der Waals surface area contributed by atoms with Gasteiger partial charge >= 0.3 is 0 Å². The van der Waals surface area contributed by atoms with Gasteiger partial charge in [0.25, 0.3) is 0 Å². The average Bonchev–Trinajstić information content (AvgIpc) is 2.27. The zero-order chi connectivity index (χ0) is 13.6. The summed E-state index contributed by atoms with van der Waals surface area (Å²) in [6.45, 7) is 20.9. The van der Waals surface area contributed by atoms with Gasteiger partial charge in [-0.15, -0.1) is 0 Å². The van der Waals surface area contributed by atoms with Crippen molar-refractivity contribution in [1.29, 1.82) is 0 Å². The number of allylic oxidation sites excluding steroid dienone is 4. The molecular formula is C15H29NSiTi4. The molecule has 0 aromatic carbocycles. The number of hydrogen-bond donors (Lipinski definition) is 1. The zero-order valence-electron chi connectivity index (χ0n) is 15.1. The predicted molar refractivity (Wildman–Crippen MR) is 80.6 cm³/mol. The Balaban J connectivity index is -0.000000361. The number of rotatable bonds is 2. The second-order valence-electron chi connectivity index (χ2n) is 7.07. The van der Waals surface area contributed by atoms with Crippen LogP contribution >= 0.6 is 0 Å². The normalized spacial score (nSPS) is 18.4. The van der Waals surface area contributed by atoms with E-state index >= 15 is 0 Å². The maximum Gasteiger partial charge on any atom is 0.148 e. The Morgan fingerprint density at radius 1 is 0.857 bits per heavy atom. The molecule has 1 rings (SSSR count). The Morgan fingerprint density at radius 3 is 1.48 bits per heavy atom. The van der Waals surface area contributed by atoms with E-state index in [1.165, 1.54) is 5.57 Å². The third-order valence-electron chi connectivity index (χ3n) is 4.00. The Morgan fingerprint density at radius 2 is 1.24 bits per heavy atom. The van der Waals surface area contributed by atoms with Crippen molar-refractivity contribution in [3.63, 3.8) is 0 Å². The third-order valence-corrected chi connectivity index (χ3v) is 7.53. The molecule has 1 aliphatic carbocycles. The first-order valence-corrected chi connectivity index (χ1v) is 9.65. The summed E-state index contributed by atoms with van der Waals surface area (Å²) in [6, 6.07) is 0. The van der Waals surface area contributed by atoms with Crippen LogP contribution < -0.4 is 4.98 Å². The molecule has 0 aromatic rings. The summed E-state index contributed by atoms with van der Waals surface area (Å²) in [5.74, 6) is 0.631. The van der Waals surface area contributed by atoms with Crippen LogP contribution in [0.4, 0.5) is 0 Å². The van der Waals surface area contributed by atoms with E-state index in [2.05, 4.69) is 66.5 Å². The molecule has 114 valence electrons. The van der Waals surface area contributed by atoms with Crippen molar-refractivity contribution in [2.24, 2.45) is 5.92 Å². The standard InChI is InChI=1S/C15H29NSi.4Ti/c1-10-11(2)13(4)14(12(10)3)17(8,9)16-15(5,6)7;;;;/h12,16H,1-9H3;;;;. The first-order valence-electron chi connectivity index (χ1n) is 6.65. The van der Waals surface area contributed by atoms with Crippen LogP contribution in [-0.2, 0) is 86.9 Å². The average molecular weight is 443 g/mol. The van der Waals surface area contributed by atoms with Crippen molar-refractivity contribution in [2.45, 2.75) is 67.1 Å². The maximum absolute atomic E-state index is 3.89. The molecule has 0 heterocycles. The molecule has 1 nitrogen and oxygen atoms in total. The smallest absolute Gasteiger partial charge is 0.148 e. The molecule has 6 heteroatoms. The molecular weight excluding hydrogens is 414 g/mol. The second kappa shape index (κ2) is 11.2. The fourth-order valence-corrected chi connectivity index (χ4v) is 7.81. The molecule has 0 aliphatic heterocycles. The van der Waals surface area contributed by atoms with Gasteiger partial charge in [0, 0.05) is 92.4 Å². The Kier molecular flexibility index (Phi) is 16.7. The Labute approximate surface area is 192 Å². The summed E-state index contributed by atoms with van der Waals surface area (Å²) in [6.07, 6.45) is 0. The van der Waals surface area contributed by atoms with E-state index in [4.69, 9.17) is 0 Å². The van der Waals surface area contributed by atoms with Crippen LogP contribution in [0.5, 0.6) is 0 Å². The van der Waals surface area contributed by atoms with Crippen LogP contribution in [0.25, 0.3) is 0 Å². The van der Waals surface area contributed by atoms with E-state index in [1.54, 1.807) is 16.3 Å². The van der Waals surface area contributed by atoms with Gasteiger partial charge in [0.2, 0.25) is 0 Å². The quantitative estimate of drug-likeness (QED) is 0.624. The minimum atomic E-state index is -1.53. The molecule has 1 unspecified atom stereocenters. The summed E-state index contributed by atoms with van der Waals surface area (Å²) in [5.41, 5.74) is 4.83. The number of nitrogens with one attached hydrogen (secondary N) is 1. The van der Waals surface area contributed by atoms with Gasteiger partial charge in [-0.3, -0.25) is 0 Å². The van der Waals surface area contributed by atoms with Crippen molar-refractivity contribution in [3.8, 4) is 0 Å². The Bertz CT molecular complexity index is 395. The summed E-state index contributed by atoms with van der Waals surface area (Å²) in [7, 11) is -1.53. The van der Waals surface area contributed by atoms with Gasteiger partial charge in [0.1, 0.15) is 8.24 Å². The molecule has 1 atom stereocenters. The van der Waals surface area contributed by atoms with Gasteiger partial charge in [-0.2, -0.15) is 0 Å². The predicted octanol–water partition coefficient (Wildman–Crippen LogP) is 4.41. The minimum absolute atomic E-state index is 0. The van der Waals surface area contributed by atoms with Crippen molar-refractivity contribution in [3.05, 3.63) is 21.9 Å². The van der Waals surface area contributed by atoms with Gasteiger partial charge in [-0.25, -0.2) is 0 Å². The van der Waals surface area contributed by atoms with E-state index in [0.29, 0.717) is 5.92 Å². The minimum Gasteiger partial charge on any atom is -0.329 e. The summed E-state index contributed by atoms with van der Waals surface area (Å²) in [4.78, 5) is 3.89. The van der Waals surface area contributed by atoms with E-state index in [-0.39, 0.29) is 92.4 Å². The molecule has 0 radical (unpaired) electrons. The summed E-state index contributed by atoms with van der Waals surface area (Å²) < 4.78 is 0. The van der Waals surface area contributed by atoms with Gasteiger partial charge < -0.3 is 4.98 Å². The summed E-state index contributed by atoms with van der Waals surface area (Å²) in [5, 5.41) is 1.70. The number of hydrogen-bond acceptors (Lipinski definition) is 1. The van der Waals surface area contributed by atoms with Crippen LogP contribution in [0.1, 0.15) is 48.5 Å². The molecule has 0 bridgehead atoms. The van der Waals surface area contributed by atoms with Crippen molar-refractivity contribution < 1.29 is 86.9 Å². The first kappa shape index (κ1) is 31.3. The molecule has 0 fully saturated rings. The monoisotopic (exact) mass is 443 g/mol. The van der Waals surface area contributed by atoms with Crippen LogP contribution in [0.15, 0.2) is 21.9 Å². The molecule has 0 saturated carbocycles. The van der Waals surface area contributed by atoms with Gasteiger partial charge in [-0.05, 0) is 53.0 Å². The van der Waals surface area contributed by atoms with Crippen LogP contribution in [0.2, 0.25) is 13.1 Å².